The molecule has 3 nitrogen and oxygen atoms in total. The van der Waals surface area contributed by atoms with Crippen LogP contribution >= 0.6 is 23.2 Å². The van der Waals surface area contributed by atoms with Crippen LogP contribution in [0.1, 0.15) is 18.4 Å². The van der Waals surface area contributed by atoms with Gasteiger partial charge in [0.15, 0.2) is 0 Å². The molecule has 0 aromatic heterocycles. The number of halogens is 2. The zero-order valence-electron chi connectivity index (χ0n) is 10.8. The number of amides is 1. The van der Waals surface area contributed by atoms with E-state index in [2.05, 4.69) is 5.32 Å². The molecule has 0 unspecified atom stereocenters. The topological polar surface area (TPSA) is 32.3 Å². The van der Waals surface area contributed by atoms with E-state index in [1.54, 1.807) is 6.07 Å². The fourth-order valence-electron chi connectivity index (χ4n) is 2.26. The number of rotatable bonds is 3. The van der Waals surface area contributed by atoms with E-state index in [0.29, 0.717) is 22.9 Å². The second kappa shape index (κ2) is 7.13. The highest BCUT2D eigenvalue weighted by atomic mass is 35.5. The number of carbonyl (C=O) groups excluding carboxylic acids is 1. The third-order valence-electron chi connectivity index (χ3n) is 3.24. The summed E-state index contributed by atoms with van der Waals surface area (Å²) in [6.07, 6.45) is 2.22. The maximum Gasteiger partial charge on any atom is 0.222 e. The summed E-state index contributed by atoms with van der Waals surface area (Å²) in [5, 5.41) is 4.53. The molecule has 1 aliphatic heterocycles. The molecule has 0 bridgehead atoms. The van der Waals surface area contributed by atoms with Crippen LogP contribution in [0.5, 0.6) is 0 Å². The number of aryl methyl sites for hydroxylation is 1. The van der Waals surface area contributed by atoms with E-state index >= 15 is 0 Å². The van der Waals surface area contributed by atoms with Crippen molar-refractivity contribution in [3.63, 3.8) is 0 Å². The highest BCUT2D eigenvalue weighted by molar-refractivity contribution is 6.34. The summed E-state index contributed by atoms with van der Waals surface area (Å²) in [5.41, 5.74) is 1.01. The van der Waals surface area contributed by atoms with Gasteiger partial charge in [0.25, 0.3) is 0 Å². The van der Waals surface area contributed by atoms with Gasteiger partial charge in [-0.2, -0.15) is 0 Å². The van der Waals surface area contributed by atoms with E-state index in [4.69, 9.17) is 23.2 Å². The molecule has 1 saturated heterocycles. The minimum absolute atomic E-state index is 0.208. The Balaban J connectivity index is 1.88. The third kappa shape index (κ3) is 4.68. The van der Waals surface area contributed by atoms with Gasteiger partial charge in [-0.1, -0.05) is 23.2 Å². The van der Waals surface area contributed by atoms with E-state index < -0.39 is 0 Å². The van der Waals surface area contributed by atoms with Crippen molar-refractivity contribution >= 4 is 29.1 Å². The molecule has 1 fully saturated rings. The van der Waals surface area contributed by atoms with Gasteiger partial charge in [-0.25, -0.2) is 0 Å². The maximum absolute atomic E-state index is 12.1. The van der Waals surface area contributed by atoms with Crippen molar-refractivity contribution < 1.29 is 4.79 Å². The van der Waals surface area contributed by atoms with Crippen molar-refractivity contribution in [2.24, 2.45) is 0 Å². The monoisotopic (exact) mass is 300 g/mol. The molecule has 2 rings (SSSR count). The quantitative estimate of drug-likeness (QED) is 0.931. The lowest BCUT2D eigenvalue weighted by Gasteiger charge is -2.19. The van der Waals surface area contributed by atoms with Gasteiger partial charge in [-0.15, -0.1) is 0 Å². The largest absolute Gasteiger partial charge is 0.341 e. The zero-order chi connectivity index (χ0) is 13.7. The van der Waals surface area contributed by atoms with Crippen LogP contribution < -0.4 is 5.32 Å². The summed E-state index contributed by atoms with van der Waals surface area (Å²) in [6, 6.07) is 5.43. The molecule has 1 amide bonds. The molecule has 0 spiro atoms. The molecule has 1 aromatic carbocycles. The van der Waals surface area contributed by atoms with Gasteiger partial charge in [0.1, 0.15) is 0 Å². The molecule has 0 radical (unpaired) electrons. The lowest BCUT2D eigenvalue weighted by Crippen LogP contribution is -2.34. The minimum atomic E-state index is 0.208. The summed E-state index contributed by atoms with van der Waals surface area (Å²) < 4.78 is 0. The lowest BCUT2D eigenvalue weighted by molar-refractivity contribution is -0.130. The van der Waals surface area contributed by atoms with Gasteiger partial charge in [-0.05, 0) is 43.1 Å². The summed E-state index contributed by atoms with van der Waals surface area (Å²) >= 11 is 11.9. The molecular formula is C14H18Cl2N2O. The number of nitrogens with zero attached hydrogens (tertiary/aromatic N) is 1. The normalized spacial score (nSPS) is 16.2. The van der Waals surface area contributed by atoms with E-state index in [-0.39, 0.29) is 5.91 Å². The Morgan fingerprint density at radius 3 is 2.63 bits per heavy atom. The Kier molecular flexibility index (Phi) is 5.49. The third-order valence-corrected chi connectivity index (χ3v) is 3.68. The molecule has 0 saturated carbocycles. The number of hydrogen-bond acceptors (Lipinski definition) is 2. The highest BCUT2D eigenvalue weighted by Gasteiger charge is 2.14. The summed E-state index contributed by atoms with van der Waals surface area (Å²) in [4.78, 5) is 14.1. The van der Waals surface area contributed by atoms with Crippen LogP contribution in [0.25, 0.3) is 0 Å². The standard InChI is InChI=1S/C14H18Cl2N2O/c15-12-8-11(9-13(16)10-12)2-3-14(19)18-6-1-4-17-5-7-18/h8-10,17H,1-7H2. The first kappa shape index (κ1) is 14.6. The van der Waals surface area contributed by atoms with E-state index in [1.807, 2.05) is 17.0 Å². The average Bonchev–Trinajstić information content (AvgIpc) is 2.63. The number of nitrogens with one attached hydrogen (secondary N) is 1. The van der Waals surface area contributed by atoms with Gasteiger partial charge >= 0.3 is 0 Å². The molecular weight excluding hydrogens is 283 g/mol. The van der Waals surface area contributed by atoms with Crippen molar-refractivity contribution in [3.05, 3.63) is 33.8 Å². The first-order valence-corrected chi connectivity index (χ1v) is 7.34. The number of carbonyl (C=O) groups is 1. The Morgan fingerprint density at radius 1 is 1.16 bits per heavy atom. The van der Waals surface area contributed by atoms with Crippen LogP contribution in [0.4, 0.5) is 0 Å². The van der Waals surface area contributed by atoms with Crippen molar-refractivity contribution in [3.8, 4) is 0 Å². The molecule has 19 heavy (non-hydrogen) atoms. The van der Waals surface area contributed by atoms with Crippen molar-refractivity contribution in [2.45, 2.75) is 19.3 Å². The summed E-state index contributed by atoms with van der Waals surface area (Å²) in [5.74, 6) is 0.208. The number of hydrogen-bond donors (Lipinski definition) is 1. The lowest BCUT2D eigenvalue weighted by atomic mass is 10.1. The molecule has 1 heterocycles. The van der Waals surface area contributed by atoms with Crippen LogP contribution in [-0.2, 0) is 11.2 Å². The van der Waals surface area contributed by atoms with E-state index in [0.717, 1.165) is 38.2 Å². The molecule has 0 aliphatic carbocycles. The van der Waals surface area contributed by atoms with Gasteiger partial charge < -0.3 is 10.2 Å². The predicted octanol–water partition coefficient (Wildman–Crippen LogP) is 2.75. The second-order valence-corrected chi connectivity index (χ2v) is 5.63. The highest BCUT2D eigenvalue weighted by Crippen LogP contribution is 2.20. The fraction of sp³-hybridized carbons (Fsp3) is 0.500. The van der Waals surface area contributed by atoms with Crippen LogP contribution in [0.3, 0.4) is 0 Å². The van der Waals surface area contributed by atoms with Crippen LogP contribution in [0, 0.1) is 0 Å². The Morgan fingerprint density at radius 2 is 1.89 bits per heavy atom. The van der Waals surface area contributed by atoms with Crippen LogP contribution in [0.2, 0.25) is 10.0 Å². The van der Waals surface area contributed by atoms with E-state index in [9.17, 15) is 4.79 Å². The Hall–Kier alpha value is -0.770. The number of benzene rings is 1. The summed E-state index contributed by atoms with van der Waals surface area (Å²) in [6.45, 7) is 3.53. The van der Waals surface area contributed by atoms with Gasteiger partial charge in [0, 0.05) is 36.1 Å². The Bertz CT molecular complexity index is 423. The van der Waals surface area contributed by atoms with Crippen molar-refractivity contribution in [1.29, 1.82) is 0 Å². The van der Waals surface area contributed by atoms with Crippen LogP contribution in [-0.4, -0.2) is 37.0 Å². The second-order valence-electron chi connectivity index (χ2n) is 4.76. The first-order valence-electron chi connectivity index (χ1n) is 6.58. The fourth-order valence-corrected chi connectivity index (χ4v) is 2.83. The average molecular weight is 301 g/mol. The first-order chi connectivity index (χ1) is 9.15. The van der Waals surface area contributed by atoms with Crippen molar-refractivity contribution in [2.75, 3.05) is 26.2 Å². The molecule has 5 heteroatoms. The van der Waals surface area contributed by atoms with Gasteiger partial charge in [0.05, 0.1) is 0 Å². The predicted molar refractivity (Wildman–Crippen MR) is 78.8 cm³/mol. The van der Waals surface area contributed by atoms with E-state index in [1.165, 1.54) is 0 Å². The maximum atomic E-state index is 12.1. The molecule has 104 valence electrons. The molecule has 1 aromatic rings. The molecule has 0 atom stereocenters. The van der Waals surface area contributed by atoms with Crippen molar-refractivity contribution in [1.82, 2.24) is 10.2 Å². The van der Waals surface area contributed by atoms with Gasteiger partial charge in [0.2, 0.25) is 5.91 Å². The SMILES string of the molecule is O=C(CCc1cc(Cl)cc(Cl)c1)N1CCCNCC1. The Labute approximate surface area is 123 Å². The summed E-state index contributed by atoms with van der Waals surface area (Å²) in [7, 11) is 0. The van der Waals surface area contributed by atoms with Crippen LogP contribution in [0.15, 0.2) is 18.2 Å². The smallest absolute Gasteiger partial charge is 0.222 e. The zero-order valence-corrected chi connectivity index (χ0v) is 12.3. The van der Waals surface area contributed by atoms with Gasteiger partial charge in [-0.3, -0.25) is 4.79 Å². The molecule has 1 N–H and O–H groups in total. The molecule has 1 aliphatic rings. The minimum Gasteiger partial charge on any atom is -0.341 e.